The smallest absolute Gasteiger partial charge is 0.262 e. The van der Waals surface area contributed by atoms with Crippen LogP contribution in [0.3, 0.4) is 0 Å². The van der Waals surface area contributed by atoms with E-state index in [1.165, 1.54) is 12.1 Å². The Morgan fingerprint density at radius 1 is 0.864 bits per heavy atom. The van der Waals surface area contributed by atoms with Crippen molar-refractivity contribution in [3.8, 4) is 28.4 Å². The molecule has 5 aromatic rings. The topological polar surface area (TPSA) is 199 Å². The van der Waals surface area contributed by atoms with E-state index < -0.39 is 29.7 Å². The maximum Gasteiger partial charge on any atom is 0.262 e. The van der Waals surface area contributed by atoms with Gasteiger partial charge < -0.3 is 28.3 Å². The molecule has 59 heavy (non-hydrogen) atoms. The third-order valence-corrected chi connectivity index (χ3v) is 10.2. The Morgan fingerprint density at radius 3 is 2.41 bits per heavy atom. The first-order chi connectivity index (χ1) is 28.6. The second-order valence-corrected chi connectivity index (χ2v) is 14.1. The molecule has 1 atom stereocenters. The van der Waals surface area contributed by atoms with Gasteiger partial charge in [-0.05, 0) is 60.8 Å². The van der Waals surface area contributed by atoms with Crippen LogP contribution in [0.1, 0.15) is 44.8 Å². The van der Waals surface area contributed by atoms with Crippen molar-refractivity contribution >= 4 is 34.4 Å². The van der Waals surface area contributed by atoms with E-state index in [0.29, 0.717) is 61.2 Å². The first-order valence-electron chi connectivity index (χ1n) is 19.0. The van der Waals surface area contributed by atoms with E-state index in [9.17, 15) is 24.0 Å². The molecule has 2 aliphatic heterocycles. The molecule has 0 saturated carbocycles. The quantitative estimate of drug-likeness (QED) is 0.100. The lowest BCUT2D eigenvalue weighted by Crippen LogP contribution is -2.54. The number of imide groups is 2. The van der Waals surface area contributed by atoms with E-state index in [4.69, 9.17) is 23.7 Å². The predicted molar refractivity (Wildman–Crippen MR) is 211 cm³/mol. The van der Waals surface area contributed by atoms with Gasteiger partial charge in [-0.25, -0.2) is 4.68 Å². The zero-order valence-corrected chi connectivity index (χ0v) is 33.1. The van der Waals surface area contributed by atoms with Gasteiger partial charge in [0.15, 0.2) is 0 Å². The third kappa shape index (κ3) is 8.84. The number of aromatic nitrogens is 5. The highest BCUT2D eigenvalue weighted by Gasteiger charge is 2.44. The average molecular weight is 809 g/mol. The van der Waals surface area contributed by atoms with Crippen LogP contribution in [-0.4, -0.2) is 118 Å². The Hall–Kier alpha value is -6.50. The number of fused-ring (bicyclic) bond motifs is 2. The molecule has 2 aliphatic rings. The van der Waals surface area contributed by atoms with E-state index in [2.05, 4.69) is 25.5 Å². The van der Waals surface area contributed by atoms with Crippen LogP contribution in [0, 0.1) is 0 Å². The fourth-order valence-electron chi connectivity index (χ4n) is 7.12. The lowest BCUT2D eigenvalue weighted by atomic mass is 9.99. The number of nitrogens with one attached hydrogen (secondary N) is 1. The molecule has 308 valence electrons. The molecule has 18 heteroatoms. The summed E-state index contributed by atoms with van der Waals surface area (Å²) in [6.07, 6.45) is 6.99. The number of pyridine rings is 2. The number of methoxy groups -OCH3 is 2. The van der Waals surface area contributed by atoms with Crippen molar-refractivity contribution in [2.24, 2.45) is 7.05 Å². The number of carbonyl (C=O) groups excluding carboxylic acids is 4. The number of benzene rings is 2. The number of hydrogen-bond donors (Lipinski definition) is 1. The van der Waals surface area contributed by atoms with Crippen LogP contribution in [0.25, 0.3) is 21.9 Å². The summed E-state index contributed by atoms with van der Waals surface area (Å²) < 4.78 is 32.2. The standard InChI is InChI=1S/C41H44N8O10/c1-46(22-33-35(55-3)17-25(18-36(33)56-4)32-23-47(2)39(52)31-20-42-10-9-28(31)32)11-13-57-14-12-48-21-26(44-45-48)24-58-15-16-59-27-5-6-29-30(19-27)41(54)49(40(29)53)34-7-8-37(50)43-38(34)51/h5-6,9-10,17-21,23,34H,7-8,11-16,22,24H2,1-4H3,(H,43,50,51). The van der Waals surface area contributed by atoms with Gasteiger partial charge in [0.2, 0.25) is 11.8 Å². The van der Waals surface area contributed by atoms with Crippen molar-refractivity contribution in [3.63, 3.8) is 0 Å². The monoisotopic (exact) mass is 808 g/mol. The number of piperidine rings is 1. The highest BCUT2D eigenvalue weighted by atomic mass is 16.5. The van der Waals surface area contributed by atoms with Gasteiger partial charge in [0.05, 0.1) is 75.5 Å². The summed E-state index contributed by atoms with van der Waals surface area (Å²) in [6, 6.07) is 9.26. The molecular weight excluding hydrogens is 764 g/mol. The fourth-order valence-corrected chi connectivity index (χ4v) is 7.12. The summed E-state index contributed by atoms with van der Waals surface area (Å²) >= 11 is 0. The van der Waals surface area contributed by atoms with Crippen molar-refractivity contribution in [1.82, 2.24) is 39.7 Å². The Bertz CT molecular complexity index is 2440. The van der Waals surface area contributed by atoms with Gasteiger partial charge in [-0.15, -0.1) is 5.10 Å². The molecule has 18 nitrogen and oxygen atoms in total. The van der Waals surface area contributed by atoms with Gasteiger partial charge in [-0.1, -0.05) is 5.21 Å². The number of aryl methyl sites for hydroxylation is 1. The maximum atomic E-state index is 13.1. The molecule has 0 bridgehead atoms. The highest BCUT2D eigenvalue weighted by molar-refractivity contribution is 6.23. The Morgan fingerprint density at radius 2 is 1.64 bits per heavy atom. The molecule has 1 N–H and O–H groups in total. The van der Waals surface area contributed by atoms with E-state index in [0.717, 1.165) is 27.0 Å². The number of nitrogens with zero attached hydrogens (tertiary/aromatic N) is 7. The van der Waals surface area contributed by atoms with Crippen molar-refractivity contribution in [3.05, 3.63) is 93.9 Å². The number of hydrogen-bond acceptors (Lipinski definition) is 14. The van der Waals surface area contributed by atoms with E-state index in [1.54, 1.807) is 55.2 Å². The largest absolute Gasteiger partial charge is 0.496 e. The third-order valence-electron chi connectivity index (χ3n) is 10.2. The van der Waals surface area contributed by atoms with Gasteiger partial charge in [0.25, 0.3) is 17.4 Å². The summed E-state index contributed by atoms with van der Waals surface area (Å²) in [5.41, 5.74) is 3.44. The molecule has 1 saturated heterocycles. The number of likely N-dealkylation sites (N-methyl/N-ethyl adjacent to an activating group) is 1. The normalized spacial score (nSPS) is 15.3. The number of rotatable bonds is 18. The SMILES string of the molecule is COc1cc(-c2cn(C)c(=O)c3cnccc23)cc(OC)c1CN(C)CCOCCn1cc(COCCOc2ccc3c(c2)C(=O)N(C2CCC(=O)NC2=O)C3=O)nn1. The van der Waals surface area contributed by atoms with E-state index in [-0.39, 0.29) is 49.3 Å². The van der Waals surface area contributed by atoms with Crippen LogP contribution in [0.5, 0.6) is 17.2 Å². The first-order valence-corrected chi connectivity index (χ1v) is 19.0. The second-order valence-electron chi connectivity index (χ2n) is 14.1. The van der Waals surface area contributed by atoms with Crippen LogP contribution < -0.4 is 25.1 Å². The summed E-state index contributed by atoms with van der Waals surface area (Å²) in [5, 5.41) is 11.8. The summed E-state index contributed by atoms with van der Waals surface area (Å²) in [5.74, 6) is -0.567. The minimum Gasteiger partial charge on any atom is -0.496 e. The van der Waals surface area contributed by atoms with Crippen LogP contribution >= 0.6 is 0 Å². The number of carbonyl (C=O) groups is 4. The van der Waals surface area contributed by atoms with Crippen LogP contribution in [-0.2, 0) is 45.8 Å². The van der Waals surface area contributed by atoms with Gasteiger partial charge in [0, 0.05) is 50.7 Å². The van der Waals surface area contributed by atoms with E-state index in [1.807, 2.05) is 31.4 Å². The van der Waals surface area contributed by atoms with Gasteiger partial charge in [-0.2, -0.15) is 0 Å². The molecule has 1 fully saturated rings. The minimum atomic E-state index is -1.03. The van der Waals surface area contributed by atoms with Gasteiger partial charge in [0.1, 0.15) is 35.6 Å². The Labute approximate surface area is 338 Å². The number of amides is 4. The summed E-state index contributed by atoms with van der Waals surface area (Å²) in [7, 11) is 6.96. The molecule has 7 rings (SSSR count). The maximum absolute atomic E-state index is 13.1. The van der Waals surface area contributed by atoms with E-state index >= 15 is 0 Å². The van der Waals surface area contributed by atoms with Crippen LogP contribution in [0.4, 0.5) is 0 Å². The first kappa shape index (κ1) is 40.7. The predicted octanol–water partition coefficient (Wildman–Crippen LogP) is 2.35. The Kier molecular flexibility index (Phi) is 12.4. The molecule has 0 spiro atoms. The summed E-state index contributed by atoms with van der Waals surface area (Å²) in [4.78, 5) is 69.7. The Balaban J connectivity index is 0.824. The molecule has 0 radical (unpaired) electrons. The molecule has 2 aromatic carbocycles. The van der Waals surface area contributed by atoms with Crippen molar-refractivity contribution < 1.29 is 42.9 Å². The second kappa shape index (κ2) is 18.0. The summed E-state index contributed by atoms with van der Waals surface area (Å²) in [6.45, 7) is 3.20. The molecule has 4 amide bonds. The molecular formula is C41H44N8O10. The van der Waals surface area contributed by atoms with Gasteiger partial charge >= 0.3 is 0 Å². The van der Waals surface area contributed by atoms with Crippen molar-refractivity contribution in [1.29, 1.82) is 0 Å². The highest BCUT2D eigenvalue weighted by Crippen LogP contribution is 2.38. The zero-order valence-electron chi connectivity index (χ0n) is 33.1. The van der Waals surface area contributed by atoms with Gasteiger partial charge in [-0.3, -0.25) is 44.1 Å². The zero-order chi connectivity index (χ0) is 41.6. The molecule has 5 heterocycles. The molecule has 1 unspecified atom stereocenters. The van der Waals surface area contributed by atoms with Crippen LogP contribution in [0.2, 0.25) is 0 Å². The minimum absolute atomic E-state index is 0.0496. The molecule has 0 aliphatic carbocycles. The average Bonchev–Trinajstić information content (AvgIpc) is 3.79. The lowest BCUT2D eigenvalue weighted by molar-refractivity contribution is -0.136. The van der Waals surface area contributed by atoms with Crippen molar-refractivity contribution in [2.45, 2.75) is 38.6 Å². The number of ether oxygens (including phenoxy) is 5. The molecule has 3 aromatic heterocycles. The van der Waals surface area contributed by atoms with Crippen molar-refractivity contribution in [2.75, 3.05) is 54.2 Å². The van der Waals surface area contributed by atoms with Crippen LogP contribution in [0.15, 0.2) is 66.0 Å². The lowest BCUT2D eigenvalue weighted by Gasteiger charge is -2.27. The fraction of sp³-hybridized carbons (Fsp3) is 0.366.